The topological polar surface area (TPSA) is 200 Å². The lowest BCUT2D eigenvalue weighted by Gasteiger charge is -2.39. The molecule has 4 fully saturated rings. The molecule has 0 bridgehead atoms. The van der Waals surface area contributed by atoms with Crippen LogP contribution in [0.15, 0.2) is 48.8 Å². The molecule has 1 aromatic carbocycles. The second-order valence-electron chi connectivity index (χ2n) is 17.8. The number of hydrogen-bond acceptors (Lipinski definition) is 13. The van der Waals surface area contributed by atoms with Crippen molar-refractivity contribution < 1.29 is 32.0 Å². The van der Waals surface area contributed by atoms with Crippen LogP contribution in [0.5, 0.6) is 0 Å². The van der Waals surface area contributed by atoms with Crippen LogP contribution < -0.4 is 20.3 Å². The molecular weight excluding hydrogens is 872 g/mol. The van der Waals surface area contributed by atoms with E-state index in [1.54, 1.807) is 37.5 Å². The maximum absolute atomic E-state index is 16.3. The quantitative estimate of drug-likeness (QED) is 0.129. The molecule has 3 aromatic heterocycles. The van der Waals surface area contributed by atoms with Gasteiger partial charge < -0.3 is 20.0 Å². The Morgan fingerprint density at radius 1 is 0.877 bits per heavy atom. The van der Waals surface area contributed by atoms with Gasteiger partial charge in [0.25, 0.3) is 0 Å². The fraction of sp³-hybridized carbons (Fsp3) is 0.522. The van der Waals surface area contributed by atoms with Crippen molar-refractivity contribution in [2.75, 3.05) is 60.0 Å². The molecule has 0 spiro atoms. The van der Waals surface area contributed by atoms with E-state index in [1.165, 1.54) is 17.4 Å². The standard InChI is InChI=1S/C46H57FN10O6S2/c1-4-26-65(62,63)54-35-7-5-6-34(39(35)47)40-41(36-12-19-48-46(51-36)50-28(2)3)64-43(53-40)29-13-22-56(23-14-29)45(61)31-17-24-57(25-18-31)44(60)30-15-20-55(21-16-30)37-10-8-32(27-49-37)33-9-11-38(58)52-42(33)59/h5-8,10,12,19,27-31,33,54H,4,9,11,13-18,20-26H2,1-3H3,(H,48,50,51)(H,52,58,59)/t33-/m0/s1. The fourth-order valence-electron chi connectivity index (χ4n) is 9.33. The molecule has 16 nitrogen and oxygen atoms in total. The van der Waals surface area contributed by atoms with Crippen molar-refractivity contribution in [3.05, 3.63) is 65.2 Å². The van der Waals surface area contributed by atoms with E-state index < -0.39 is 15.8 Å². The number of amides is 4. The Bertz CT molecular complexity index is 2500. The highest BCUT2D eigenvalue weighted by molar-refractivity contribution is 7.92. The third kappa shape index (κ3) is 10.6. The first kappa shape index (κ1) is 46.0. The minimum absolute atomic E-state index is 0.0137. The number of nitrogens with zero attached hydrogens (tertiary/aromatic N) is 7. The highest BCUT2D eigenvalue weighted by Crippen LogP contribution is 2.43. The number of hydrogen-bond donors (Lipinski definition) is 3. The average molecular weight is 929 g/mol. The predicted molar refractivity (Wildman–Crippen MR) is 247 cm³/mol. The number of carbonyl (C=O) groups is 4. The second-order valence-corrected chi connectivity index (χ2v) is 20.7. The zero-order chi connectivity index (χ0) is 45.8. The number of rotatable bonds is 13. The van der Waals surface area contributed by atoms with Crippen molar-refractivity contribution in [2.45, 2.75) is 96.4 Å². The second kappa shape index (κ2) is 19.9. The molecule has 7 heterocycles. The van der Waals surface area contributed by atoms with E-state index in [1.807, 2.05) is 35.8 Å². The zero-order valence-electron chi connectivity index (χ0n) is 37.1. The van der Waals surface area contributed by atoms with Crippen LogP contribution >= 0.6 is 11.3 Å². The number of anilines is 3. The van der Waals surface area contributed by atoms with E-state index in [-0.39, 0.29) is 70.3 Å². The molecule has 4 aliphatic rings. The molecule has 8 rings (SSSR count). The van der Waals surface area contributed by atoms with E-state index in [4.69, 9.17) is 9.97 Å². The third-order valence-corrected chi connectivity index (χ3v) is 15.6. The van der Waals surface area contributed by atoms with Gasteiger partial charge in [0.05, 0.1) is 38.6 Å². The van der Waals surface area contributed by atoms with E-state index in [0.29, 0.717) is 119 Å². The summed E-state index contributed by atoms with van der Waals surface area (Å²) in [4.78, 5) is 76.8. The summed E-state index contributed by atoms with van der Waals surface area (Å²) in [6.07, 6.45) is 8.56. The molecule has 4 aliphatic heterocycles. The Balaban J connectivity index is 0.862. The molecule has 4 saturated heterocycles. The minimum atomic E-state index is -3.75. The van der Waals surface area contributed by atoms with Crippen LogP contribution in [0.4, 0.5) is 21.8 Å². The summed E-state index contributed by atoms with van der Waals surface area (Å²) in [6, 6.07) is 10.3. The predicted octanol–water partition coefficient (Wildman–Crippen LogP) is 6.15. The summed E-state index contributed by atoms with van der Waals surface area (Å²) in [5.74, 6) is -0.475. The Kier molecular flexibility index (Phi) is 14.1. The molecule has 0 radical (unpaired) electrons. The Morgan fingerprint density at radius 2 is 1.55 bits per heavy atom. The molecular formula is C46H57FN10O6S2. The van der Waals surface area contributed by atoms with Crippen molar-refractivity contribution in [1.82, 2.24) is 35.1 Å². The number of imide groups is 1. The zero-order valence-corrected chi connectivity index (χ0v) is 38.7. The average Bonchev–Trinajstić information content (AvgIpc) is 3.75. The van der Waals surface area contributed by atoms with Crippen molar-refractivity contribution in [1.29, 1.82) is 0 Å². The van der Waals surface area contributed by atoms with Crippen LogP contribution in [0, 0.1) is 17.7 Å². The van der Waals surface area contributed by atoms with Gasteiger partial charge in [-0.05, 0) is 95.0 Å². The number of benzene rings is 1. The number of aromatic nitrogens is 4. The lowest BCUT2D eigenvalue weighted by Crippen LogP contribution is -2.48. The molecule has 1 atom stereocenters. The number of thiazole rings is 1. The van der Waals surface area contributed by atoms with Crippen LogP contribution in [0.2, 0.25) is 0 Å². The molecule has 65 heavy (non-hydrogen) atoms. The van der Waals surface area contributed by atoms with Gasteiger partial charge in [0.15, 0.2) is 5.82 Å². The first-order chi connectivity index (χ1) is 31.3. The first-order valence-corrected chi connectivity index (χ1v) is 25.3. The van der Waals surface area contributed by atoms with E-state index in [2.05, 4.69) is 30.2 Å². The van der Waals surface area contributed by atoms with Gasteiger partial charge in [-0.3, -0.25) is 29.2 Å². The lowest BCUT2D eigenvalue weighted by molar-refractivity contribution is -0.143. The number of halogens is 1. The monoisotopic (exact) mass is 928 g/mol. The van der Waals surface area contributed by atoms with Crippen LogP contribution in [0.1, 0.15) is 101 Å². The van der Waals surface area contributed by atoms with Crippen LogP contribution in [0.3, 0.4) is 0 Å². The largest absolute Gasteiger partial charge is 0.357 e. The summed E-state index contributed by atoms with van der Waals surface area (Å²) < 4.78 is 43.9. The molecule has 19 heteroatoms. The van der Waals surface area contributed by atoms with Gasteiger partial charge >= 0.3 is 0 Å². The lowest BCUT2D eigenvalue weighted by atomic mass is 9.90. The summed E-state index contributed by atoms with van der Waals surface area (Å²) in [5, 5.41) is 6.42. The number of carbonyl (C=O) groups excluding carboxylic acids is 4. The third-order valence-electron chi connectivity index (χ3n) is 12.8. The maximum atomic E-state index is 16.3. The SMILES string of the molecule is CCCS(=O)(=O)Nc1cccc(-c2nc(C3CCN(C(=O)C4CCN(C(=O)C5CCN(c6ccc([C@@H]7CCC(=O)NC7=O)cn6)CC5)CC4)CC3)sc2-c2ccnc(NC(C)C)n2)c1F. The summed E-state index contributed by atoms with van der Waals surface area (Å²) in [6.45, 7) is 9.31. The van der Waals surface area contributed by atoms with E-state index in [9.17, 15) is 27.6 Å². The van der Waals surface area contributed by atoms with Crippen molar-refractivity contribution >= 4 is 62.4 Å². The number of likely N-dealkylation sites (tertiary alicyclic amines) is 2. The van der Waals surface area contributed by atoms with E-state index >= 15 is 4.39 Å². The van der Waals surface area contributed by atoms with Gasteiger partial charge in [0.1, 0.15) is 5.82 Å². The molecule has 0 unspecified atom stereocenters. The fourth-order valence-corrected chi connectivity index (χ4v) is 11.7. The van der Waals surface area contributed by atoms with Gasteiger partial charge in [-0.15, -0.1) is 11.3 Å². The van der Waals surface area contributed by atoms with Crippen LogP contribution in [-0.2, 0) is 29.2 Å². The summed E-state index contributed by atoms with van der Waals surface area (Å²) >= 11 is 1.43. The molecule has 0 saturated carbocycles. The van der Waals surface area contributed by atoms with Crippen molar-refractivity contribution in [3.63, 3.8) is 0 Å². The number of pyridine rings is 1. The Labute approximate surface area is 383 Å². The number of piperidine rings is 4. The highest BCUT2D eigenvalue weighted by Gasteiger charge is 2.36. The van der Waals surface area contributed by atoms with Gasteiger partial charge in [-0.25, -0.2) is 32.7 Å². The van der Waals surface area contributed by atoms with Crippen LogP contribution in [-0.4, -0.2) is 113 Å². The highest BCUT2D eigenvalue weighted by atomic mass is 32.2. The van der Waals surface area contributed by atoms with Crippen LogP contribution in [0.25, 0.3) is 21.8 Å². The molecule has 4 amide bonds. The molecule has 4 aromatic rings. The molecule has 0 aliphatic carbocycles. The van der Waals surface area contributed by atoms with Crippen molar-refractivity contribution in [2.24, 2.45) is 11.8 Å². The number of sulfonamides is 1. The van der Waals surface area contributed by atoms with Gasteiger partial charge in [-0.2, -0.15) is 0 Å². The molecule has 346 valence electrons. The Morgan fingerprint density at radius 3 is 2.18 bits per heavy atom. The number of nitrogens with one attached hydrogen (secondary N) is 3. The summed E-state index contributed by atoms with van der Waals surface area (Å²) in [7, 11) is -3.75. The van der Waals surface area contributed by atoms with Gasteiger partial charge in [-0.1, -0.05) is 19.1 Å². The van der Waals surface area contributed by atoms with Gasteiger partial charge in [0, 0.05) is 87.4 Å². The first-order valence-electron chi connectivity index (χ1n) is 22.8. The van der Waals surface area contributed by atoms with Crippen molar-refractivity contribution in [3.8, 4) is 21.8 Å². The maximum Gasteiger partial charge on any atom is 0.234 e. The smallest absolute Gasteiger partial charge is 0.234 e. The van der Waals surface area contributed by atoms with Gasteiger partial charge in [0.2, 0.25) is 39.6 Å². The Hall–Kier alpha value is -5.56. The summed E-state index contributed by atoms with van der Waals surface area (Å²) in [5.41, 5.74) is 1.74. The van der Waals surface area contributed by atoms with E-state index in [0.717, 1.165) is 16.4 Å². The normalized spacial score (nSPS) is 19.4. The molecule has 3 N–H and O–H groups in total. The minimum Gasteiger partial charge on any atom is -0.357 e.